The van der Waals surface area contributed by atoms with E-state index in [-0.39, 0.29) is 0 Å². The van der Waals surface area contributed by atoms with E-state index in [9.17, 15) is 0 Å². The number of ether oxygens (including phenoxy) is 3. The second-order valence-electron chi connectivity index (χ2n) is 22.7. The van der Waals surface area contributed by atoms with E-state index in [1.807, 2.05) is 146 Å². The molecule has 0 aliphatic rings. The Morgan fingerprint density at radius 2 is 0.660 bits per heavy atom. The highest BCUT2D eigenvalue weighted by atomic mass is 16.5. The second kappa shape index (κ2) is 32.1. The second-order valence-corrected chi connectivity index (χ2v) is 22.7. The molecule has 15 aromatic rings. The van der Waals surface area contributed by atoms with Gasteiger partial charge >= 0.3 is 0 Å². The van der Waals surface area contributed by atoms with Gasteiger partial charge in [0.2, 0.25) is 0 Å². The smallest absolute Gasteiger partial charge is 0.197 e. The Balaban J connectivity index is 0.000000131. The number of pyridine rings is 3. The molecule has 0 aliphatic heterocycles. The molecule has 0 atom stereocenters. The predicted octanol–water partition coefficient (Wildman–Crippen LogP) is 15.5. The van der Waals surface area contributed by atoms with Crippen LogP contribution < -0.4 is 14.2 Å². The van der Waals surface area contributed by atoms with Crippen LogP contribution in [0.15, 0.2) is 255 Å². The van der Waals surface area contributed by atoms with Crippen LogP contribution in [0.1, 0.15) is 84.6 Å². The number of nitrogens with zero attached hydrogens (tertiary/aromatic N) is 12. The maximum Gasteiger partial charge on any atom is 0.197 e. The Labute approximate surface area is 559 Å². The quantitative estimate of drug-likeness (QED) is 0.0573. The Morgan fingerprint density at radius 3 is 1.12 bits per heavy atom. The fourth-order valence-electron chi connectivity index (χ4n) is 10.6. The highest BCUT2D eigenvalue weighted by molar-refractivity contribution is 5.80. The van der Waals surface area contributed by atoms with Crippen LogP contribution >= 0.6 is 0 Å². The molecule has 3 N–H and O–H groups in total. The number of para-hydroxylation sites is 3. The summed E-state index contributed by atoms with van der Waals surface area (Å²) >= 11 is 0. The normalized spacial score (nSPS) is 11.3. The Morgan fingerprint density at radius 1 is 0.278 bits per heavy atom. The zero-order valence-electron chi connectivity index (χ0n) is 52.8. The van der Waals surface area contributed by atoms with Crippen molar-refractivity contribution in [3.63, 3.8) is 0 Å². The molecule has 6 heterocycles. The van der Waals surface area contributed by atoms with Crippen LogP contribution in [-0.4, -0.2) is 76.8 Å². The minimum Gasteiger partial charge on any atom is -0.487 e. The van der Waals surface area contributed by atoms with Gasteiger partial charge in [-0.05, 0) is 182 Å². The van der Waals surface area contributed by atoms with E-state index in [1.54, 1.807) is 0 Å². The van der Waals surface area contributed by atoms with E-state index in [0.717, 1.165) is 109 Å². The molecule has 0 fully saturated rings. The van der Waals surface area contributed by atoms with Gasteiger partial charge in [0.05, 0.1) is 33.6 Å². The highest BCUT2D eigenvalue weighted by Crippen LogP contribution is 2.24. The number of tetrazole rings is 3. The van der Waals surface area contributed by atoms with Gasteiger partial charge in [0.15, 0.2) is 17.5 Å². The summed E-state index contributed by atoms with van der Waals surface area (Å²) in [6, 6.07) is 86.7. The maximum absolute atomic E-state index is 6.02. The Hall–Kier alpha value is -13.0. The van der Waals surface area contributed by atoms with Gasteiger partial charge in [-0.15, -0.1) is 30.6 Å². The van der Waals surface area contributed by atoms with Crippen LogP contribution in [0.2, 0.25) is 0 Å². The highest BCUT2D eigenvalue weighted by Gasteiger charge is 2.08. The Bertz CT molecular complexity index is 5060. The molecule has 18 heteroatoms. The van der Waals surface area contributed by atoms with E-state index in [1.165, 1.54) is 33.4 Å². The third-order valence-electron chi connectivity index (χ3n) is 15.6. The van der Waals surface area contributed by atoms with Crippen LogP contribution in [-0.2, 0) is 45.5 Å². The third kappa shape index (κ3) is 18.6. The molecule has 0 saturated carbocycles. The van der Waals surface area contributed by atoms with Crippen molar-refractivity contribution >= 4 is 69.2 Å². The van der Waals surface area contributed by atoms with E-state index < -0.39 is 0 Å². The van der Waals surface area contributed by atoms with Crippen molar-refractivity contribution in [2.24, 2.45) is 0 Å². The first-order valence-electron chi connectivity index (χ1n) is 31.7. The number of aromatic nitrogens is 15. The van der Waals surface area contributed by atoms with E-state index >= 15 is 0 Å². The number of H-pyrrole nitrogens is 3. The molecule has 18 nitrogen and oxygen atoms in total. The SMILES string of the molecule is C(=C\c1nn[nH]n1)/c1ccc(CCc2cccc(OCc3ccc4ccccc4n3)c2)cc1.C(=C\c1nn[nH]n1)/c1ccc(Cc2cccc(OCc3ccc4ccccc4n3)c2)cc1.C(=C\c1nn[nH]n1)/c1cccc(Cc2ccc(OCc3ccc4ccccc4n3)cc2)c1. The van der Waals surface area contributed by atoms with Crippen molar-refractivity contribution in [2.45, 2.75) is 45.5 Å². The first-order valence-corrected chi connectivity index (χ1v) is 31.7. The van der Waals surface area contributed by atoms with E-state index in [4.69, 9.17) is 14.2 Å². The lowest BCUT2D eigenvalue weighted by Crippen LogP contribution is -1.99. The lowest BCUT2D eigenvalue weighted by Gasteiger charge is -2.09. The summed E-state index contributed by atoms with van der Waals surface area (Å²) in [5.41, 5.74) is 16.4. The van der Waals surface area contributed by atoms with Crippen molar-refractivity contribution in [1.82, 2.24) is 76.8 Å². The minimum absolute atomic E-state index is 0.440. The van der Waals surface area contributed by atoms with Gasteiger partial charge in [-0.1, -0.05) is 200 Å². The van der Waals surface area contributed by atoms with Gasteiger partial charge in [-0.2, -0.15) is 15.6 Å². The van der Waals surface area contributed by atoms with Crippen LogP contribution in [0, 0.1) is 0 Å². The zero-order valence-corrected chi connectivity index (χ0v) is 52.8. The first kappa shape index (κ1) is 62.8. The number of fused-ring (bicyclic) bond motifs is 3. The van der Waals surface area contributed by atoms with Crippen molar-refractivity contribution in [3.05, 3.63) is 339 Å². The van der Waals surface area contributed by atoms with E-state index in [0.29, 0.717) is 37.3 Å². The van der Waals surface area contributed by atoms with Crippen molar-refractivity contribution in [2.75, 3.05) is 0 Å². The molecule has 6 aromatic heterocycles. The average molecular weight is 1270 g/mol. The summed E-state index contributed by atoms with van der Waals surface area (Å²) in [5.74, 6) is 4.23. The molecular weight excluding hydrogens is 1210 g/mol. The van der Waals surface area contributed by atoms with Gasteiger partial charge in [0, 0.05) is 16.2 Å². The summed E-state index contributed by atoms with van der Waals surface area (Å²) in [4.78, 5) is 14.0. The fourth-order valence-corrected chi connectivity index (χ4v) is 10.6. The molecule has 0 amide bonds. The molecule has 97 heavy (non-hydrogen) atoms. The molecule has 0 bridgehead atoms. The van der Waals surface area contributed by atoms with Gasteiger partial charge in [-0.3, -0.25) is 0 Å². The number of benzene rings is 9. The summed E-state index contributed by atoms with van der Waals surface area (Å²) in [5, 5.41) is 44.9. The predicted molar refractivity (Wildman–Crippen MR) is 379 cm³/mol. The molecule has 0 aliphatic carbocycles. The van der Waals surface area contributed by atoms with Gasteiger partial charge in [0.1, 0.15) is 37.1 Å². The first-order chi connectivity index (χ1) is 47.9. The molecule has 15 rings (SSSR count). The van der Waals surface area contributed by atoms with Crippen LogP contribution in [0.3, 0.4) is 0 Å². The number of nitrogens with one attached hydrogen (secondary N) is 3. The lowest BCUT2D eigenvalue weighted by molar-refractivity contribution is 0.301. The van der Waals surface area contributed by atoms with Crippen LogP contribution in [0.4, 0.5) is 0 Å². The summed E-state index contributed by atoms with van der Waals surface area (Å²) in [7, 11) is 0. The van der Waals surface area contributed by atoms with Crippen LogP contribution in [0.25, 0.3) is 69.2 Å². The van der Waals surface area contributed by atoms with Crippen molar-refractivity contribution in [3.8, 4) is 17.2 Å². The third-order valence-corrected chi connectivity index (χ3v) is 15.6. The standard InChI is InChI=1S/C27H23N5O.2C26H21N5O/c1-2-7-26-23(5-1)15-16-24(28-26)19-33-25-6-3-4-22(18-25)13-12-20-8-10-21(11-9-20)14-17-27-29-31-32-30-27;1-2-7-25-22(6-1)11-12-23(27-25)18-32-24-13-8-20(9-14-24)17-21-5-3-4-19(16-21)10-15-26-28-30-31-29-26;1-2-7-25-22(5-1)13-14-23(27-25)18-32-24-6-3-4-21(17-24)16-20-10-8-19(9-11-20)12-15-26-28-30-31-29-26/h1-11,14-18H,12-13,19H2,(H,29,30,31,32);1-16H,17-18H2,(H,28,29,30,31);1-15,17H,16,18H2,(H,28,29,30,31)/b17-14+;15-10+;15-12+. The number of hydrogen-bond donors (Lipinski definition) is 3. The molecule has 0 unspecified atom stereocenters. The average Bonchev–Trinajstić information content (AvgIpc) is 2.34. The van der Waals surface area contributed by atoms with E-state index in [2.05, 4.69) is 222 Å². The number of hydrogen-bond acceptors (Lipinski definition) is 15. The zero-order chi connectivity index (χ0) is 65.5. The molecule has 0 spiro atoms. The minimum atomic E-state index is 0.440. The number of rotatable bonds is 22. The molecule has 0 radical (unpaired) electrons. The van der Waals surface area contributed by atoms with Gasteiger partial charge in [-0.25, -0.2) is 15.0 Å². The maximum atomic E-state index is 6.02. The van der Waals surface area contributed by atoms with Crippen molar-refractivity contribution < 1.29 is 14.2 Å². The molecule has 9 aromatic carbocycles. The molecular formula is C79H65N15O3. The lowest BCUT2D eigenvalue weighted by atomic mass is 10.0. The molecule has 0 saturated heterocycles. The molecule has 474 valence electrons. The summed E-state index contributed by atoms with van der Waals surface area (Å²) in [6.07, 6.45) is 15.0. The monoisotopic (exact) mass is 1270 g/mol. The van der Waals surface area contributed by atoms with Crippen LogP contribution in [0.5, 0.6) is 17.2 Å². The summed E-state index contributed by atoms with van der Waals surface area (Å²) < 4.78 is 18.0. The number of aryl methyl sites for hydroxylation is 2. The van der Waals surface area contributed by atoms with Gasteiger partial charge < -0.3 is 14.2 Å². The van der Waals surface area contributed by atoms with Gasteiger partial charge in [0.25, 0.3) is 0 Å². The number of aromatic amines is 3. The largest absolute Gasteiger partial charge is 0.487 e. The van der Waals surface area contributed by atoms with Crippen molar-refractivity contribution in [1.29, 1.82) is 0 Å². The topological polar surface area (TPSA) is 230 Å². The fraction of sp³-hybridized carbons (Fsp3) is 0.0886. The Kier molecular flexibility index (Phi) is 20.8. The summed E-state index contributed by atoms with van der Waals surface area (Å²) in [6.45, 7) is 1.34.